The third-order valence-electron chi connectivity index (χ3n) is 3.84. The molecule has 3 rings (SSSR count). The molecule has 0 saturated heterocycles. The molecule has 0 bridgehead atoms. The predicted octanol–water partition coefficient (Wildman–Crippen LogP) is 4.51. The summed E-state index contributed by atoms with van der Waals surface area (Å²) < 4.78 is 24.0. The lowest BCUT2D eigenvalue weighted by Crippen LogP contribution is -2.22. The van der Waals surface area contributed by atoms with Crippen LogP contribution in [0.3, 0.4) is 0 Å². The molecule has 0 unspecified atom stereocenters. The first-order valence-electron chi connectivity index (χ1n) is 8.95. The van der Waals surface area contributed by atoms with E-state index in [4.69, 9.17) is 21.1 Å². The standard InChI is InChI=1S/C22H18ClFN2O4/c23-17-12-15(24)10-11-18(17)25-22(28)14-30-20-9-5-4-8-19(20)26-21(27)13-29-16-6-2-1-3-7-16/h1-12H,13-14H2,(H,25,28)(H,26,27). The Bertz CT molecular complexity index is 1030. The van der Waals surface area contributed by atoms with E-state index in [2.05, 4.69) is 10.6 Å². The lowest BCUT2D eigenvalue weighted by molar-refractivity contribution is -0.118. The molecule has 6 nitrogen and oxygen atoms in total. The maximum absolute atomic E-state index is 13.1. The normalized spacial score (nSPS) is 10.2. The number of rotatable bonds is 8. The Morgan fingerprint density at radius 1 is 0.800 bits per heavy atom. The molecule has 0 aromatic heterocycles. The zero-order valence-electron chi connectivity index (χ0n) is 15.7. The van der Waals surface area contributed by atoms with Crippen molar-refractivity contribution in [3.63, 3.8) is 0 Å². The largest absolute Gasteiger partial charge is 0.484 e. The van der Waals surface area contributed by atoms with Crippen LogP contribution >= 0.6 is 11.6 Å². The van der Waals surface area contributed by atoms with Crippen molar-refractivity contribution in [1.82, 2.24) is 0 Å². The van der Waals surface area contributed by atoms with Crippen molar-refractivity contribution < 1.29 is 23.5 Å². The number of amides is 2. The fourth-order valence-electron chi connectivity index (χ4n) is 2.47. The highest BCUT2D eigenvalue weighted by Gasteiger charge is 2.11. The van der Waals surface area contributed by atoms with E-state index in [0.717, 1.165) is 6.07 Å². The van der Waals surface area contributed by atoms with E-state index in [1.54, 1.807) is 48.5 Å². The van der Waals surface area contributed by atoms with Crippen LogP contribution in [0.5, 0.6) is 11.5 Å². The average molecular weight is 429 g/mol. The molecule has 154 valence electrons. The molecular weight excluding hydrogens is 411 g/mol. The van der Waals surface area contributed by atoms with Crippen molar-refractivity contribution in [3.05, 3.63) is 83.6 Å². The summed E-state index contributed by atoms with van der Waals surface area (Å²) in [4.78, 5) is 24.3. The van der Waals surface area contributed by atoms with Crippen molar-refractivity contribution in [2.24, 2.45) is 0 Å². The minimum Gasteiger partial charge on any atom is -0.484 e. The first-order valence-corrected chi connectivity index (χ1v) is 9.33. The summed E-state index contributed by atoms with van der Waals surface area (Å²) in [5, 5.41) is 5.30. The van der Waals surface area contributed by atoms with Gasteiger partial charge in [-0.3, -0.25) is 9.59 Å². The minimum absolute atomic E-state index is 0.0782. The molecular formula is C22H18ClFN2O4. The van der Waals surface area contributed by atoms with Crippen LogP contribution in [-0.2, 0) is 9.59 Å². The Morgan fingerprint density at radius 3 is 2.17 bits per heavy atom. The maximum Gasteiger partial charge on any atom is 0.262 e. The molecule has 0 aliphatic carbocycles. The average Bonchev–Trinajstić information content (AvgIpc) is 2.74. The molecule has 3 aromatic rings. The van der Waals surface area contributed by atoms with E-state index in [9.17, 15) is 14.0 Å². The molecule has 3 aromatic carbocycles. The number of carbonyl (C=O) groups is 2. The van der Waals surface area contributed by atoms with E-state index < -0.39 is 11.7 Å². The van der Waals surface area contributed by atoms with Crippen LogP contribution in [0, 0.1) is 5.82 Å². The van der Waals surface area contributed by atoms with Gasteiger partial charge in [0.2, 0.25) is 0 Å². The molecule has 30 heavy (non-hydrogen) atoms. The molecule has 0 atom stereocenters. The van der Waals surface area contributed by atoms with Crippen LogP contribution in [0.1, 0.15) is 0 Å². The minimum atomic E-state index is -0.504. The van der Waals surface area contributed by atoms with E-state index in [-0.39, 0.29) is 29.8 Å². The van der Waals surface area contributed by atoms with Crippen molar-refractivity contribution in [2.75, 3.05) is 23.8 Å². The van der Waals surface area contributed by atoms with Gasteiger partial charge in [0.15, 0.2) is 13.2 Å². The Labute approximate surface area is 177 Å². The highest BCUT2D eigenvalue weighted by atomic mass is 35.5. The molecule has 0 fully saturated rings. The Hall–Kier alpha value is -3.58. The number of hydrogen-bond acceptors (Lipinski definition) is 4. The molecule has 0 saturated carbocycles. The first-order chi connectivity index (χ1) is 14.5. The number of anilines is 2. The zero-order chi connectivity index (χ0) is 21.3. The number of nitrogens with one attached hydrogen (secondary N) is 2. The van der Waals surface area contributed by atoms with Gasteiger partial charge in [-0.2, -0.15) is 0 Å². The Kier molecular flexibility index (Phi) is 7.24. The monoisotopic (exact) mass is 428 g/mol. The van der Waals surface area contributed by atoms with Crippen molar-refractivity contribution in [3.8, 4) is 11.5 Å². The smallest absolute Gasteiger partial charge is 0.262 e. The fraction of sp³-hybridized carbons (Fsp3) is 0.0909. The third kappa shape index (κ3) is 6.22. The second kappa shape index (κ2) is 10.3. The molecule has 2 N–H and O–H groups in total. The topological polar surface area (TPSA) is 76.7 Å². The Morgan fingerprint density at radius 2 is 1.43 bits per heavy atom. The van der Waals surface area contributed by atoms with E-state index in [1.807, 2.05) is 6.07 Å². The van der Waals surface area contributed by atoms with Crippen LogP contribution in [0.25, 0.3) is 0 Å². The highest BCUT2D eigenvalue weighted by molar-refractivity contribution is 6.33. The van der Waals surface area contributed by atoms with Gasteiger partial charge < -0.3 is 20.1 Å². The second-order valence-electron chi connectivity index (χ2n) is 6.11. The van der Waals surface area contributed by atoms with Gasteiger partial charge in [0.05, 0.1) is 16.4 Å². The van der Waals surface area contributed by atoms with Crippen molar-refractivity contribution in [1.29, 1.82) is 0 Å². The predicted molar refractivity (Wildman–Crippen MR) is 113 cm³/mol. The molecule has 0 aliphatic heterocycles. The fourth-order valence-corrected chi connectivity index (χ4v) is 2.68. The number of halogens is 2. The molecule has 0 heterocycles. The van der Waals surface area contributed by atoms with Gasteiger partial charge in [0, 0.05) is 0 Å². The third-order valence-corrected chi connectivity index (χ3v) is 4.15. The lowest BCUT2D eigenvalue weighted by Gasteiger charge is -2.13. The van der Waals surface area contributed by atoms with Gasteiger partial charge in [0.25, 0.3) is 11.8 Å². The number of hydrogen-bond donors (Lipinski definition) is 2. The summed E-state index contributed by atoms with van der Waals surface area (Å²) in [6.45, 7) is -0.511. The van der Waals surface area contributed by atoms with E-state index in [1.165, 1.54) is 12.1 Å². The molecule has 2 amide bonds. The zero-order valence-corrected chi connectivity index (χ0v) is 16.5. The van der Waals surface area contributed by atoms with E-state index >= 15 is 0 Å². The number of ether oxygens (including phenoxy) is 2. The maximum atomic E-state index is 13.1. The van der Waals surface area contributed by atoms with Gasteiger partial charge in [0.1, 0.15) is 17.3 Å². The van der Waals surface area contributed by atoms with Crippen molar-refractivity contribution in [2.45, 2.75) is 0 Å². The summed E-state index contributed by atoms with van der Waals surface area (Å²) in [7, 11) is 0. The summed E-state index contributed by atoms with van der Waals surface area (Å²) in [6, 6.07) is 19.3. The van der Waals surface area contributed by atoms with Crippen LogP contribution < -0.4 is 20.1 Å². The number of benzene rings is 3. The van der Waals surface area contributed by atoms with Gasteiger partial charge in [-0.1, -0.05) is 41.9 Å². The first kappa shape index (κ1) is 21.1. The Balaban J connectivity index is 1.54. The van der Waals surface area contributed by atoms with Crippen LogP contribution in [0.2, 0.25) is 5.02 Å². The van der Waals surface area contributed by atoms with Gasteiger partial charge >= 0.3 is 0 Å². The second-order valence-corrected chi connectivity index (χ2v) is 6.51. The van der Waals surface area contributed by atoms with Gasteiger partial charge in [-0.25, -0.2) is 4.39 Å². The SMILES string of the molecule is O=C(COc1ccccc1NC(=O)COc1ccccc1)Nc1ccc(F)cc1Cl. The summed E-state index contributed by atoms with van der Waals surface area (Å²) in [5.41, 5.74) is 0.665. The van der Waals surface area contributed by atoms with Crippen LogP contribution in [-0.4, -0.2) is 25.0 Å². The number of carbonyl (C=O) groups excluding carboxylic acids is 2. The molecule has 8 heteroatoms. The number of para-hydroxylation sites is 3. The van der Waals surface area contributed by atoms with Gasteiger partial charge in [-0.15, -0.1) is 0 Å². The molecule has 0 radical (unpaired) electrons. The quantitative estimate of drug-likeness (QED) is 0.553. The van der Waals surface area contributed by atoms with Gasteiger partial charge in [-0.05, 0) is 42.5 Å². The van der Waals surface area contributed by atoms with Crippen molar-refractivity contribution >= 4 is 34.8 Å². The lowest BCUT2D eigenvalue weighted by atomic mass is 10.3. The van der Waals surface area contributed by atoms with Crippen LogP contribution in [0.4, 0.5) is 15.8 Å². The molecule has 0 aliphatic rings. The van der Waals surface area contributed by atoms with Crippen LogP contribution in [0.15, 0.2) is 72.8 Å². The summed E-state index contributed by atoms with van der Waals surface area (Å²) in [6.07, 6.45) is 0. The van der Waals surface area contributed by atoms with E-state index in [0.29, 0.717) is 17.2 Å². The summed E-state index contributed by atoms with van der Waals surface area (Å²) in [5.74, 6) is -0.483. The summed E-state index contributed by atoms with van der Waals surface area (Å²) >= 11 is 5.89. The molecule has 0 spiro atoms. The highest BCUT2D eigenvalue weighted by Crippen LogP contribution is 2.25.